The molecule has 4 aliphatic heterocycles. The molecule has 3 fully saturated rings. The van der Waals surface area contributed by atoms with Crippen LogP contribution in [0.3, 0.4) is 0 Å². The Labute approximate surface area is 138 Å². The minimum Gasteiger partial charge on any atom is -0.481 e. The SMILES string of the molecule is COc1ccc2nc(NC3=NC[C@@]4(CN5CCC4CC5)O3)oc2n1. The van der Waals surface area contributed by atoms with Gasteiger partial charge in [0, 0.05) is 18.5 Å². The fraction of sp³-hybridized carbons (Fsp3) is 0.562. The molecule has 6 rings (SSSR count). The van der Waals surface area contributed by atoms with Crippen LogP contribution in [0.25, 0.3) is 11.2 Å². The van der Waals surface area contributed by atoms with E-state index < -0.39 is 0 Å². The van der Waals surface area contributed by atoms with Crippen LogP contribution >= 0.6 is 0 Å². The summed E-state index contributed by atoms with van der Waals surface area (Å²) in [6.07, 6.45) is 2.38. The quantitative estimate of drug-likeness (QED) is 0.893. The van der Waals surface area contributed by atoms with Gasteiger partial charge in [-0.1, -0.05) is 0 Å². The fourth-order valence-electron chi connectivity index (χ4n) is 4.01. The summed E-state index contributed by atoms with van der Waals surface area (Å²) < 4.78 is 16.9. The molecule has 0 aliphatic carbocycles. The van der Waals surface area contributed by atoms with E-state index in [1.165, 1.54) is 25.9 Å². The summed E-state index contributed by atoms with van der Waals surface area (Å²) >= 11 is 0. The third-order valence-electron chi connectivity index (χ3n) is 5.27. The maximum atomic E-state index is 6.22. The van der Waals surface area contributed by atoms with E-state index in [0.717, 1.165) is 6.54 Å². The van der Waals surface area contributed by atoms with Crippen molar-refractivity contribution >= 4 is 23.3 Å². The summed E-state index contributed by atoms with van der Waals surface area (Å²) in [4.78, 5) is 15.6. The summed E-state index contributed by atoms with van der Waals surface area (Å²) in [7, 11) is 1.57. The number of aromatic nitrogens is 2. The van der Waals surface area contributed by atoms with Gasteiger partial charge < -0.3 is 13.9 Å². The number of methoxy groups -OCH3 is 1. The molecule has 0 aromatic carbocycles. The minimum atomic E-state index is -0.174. The molecule has 24 heavy (non-hydrogen) atoms. The molecule has 2 aromatic rings. The number of amidine groups is 1. The lowest BCUT2D eigenvalue weighted by molar-refractivity contribution is -0.0829. The number of piperidine rings is 3. The second-order valence-corrected chi connectivity index (χ2v) is 6.66. The third-order valence-corrected chi connectivity index (χ3v) is 5.27. The molecule has 0 amide bonds. The van der Waals surface area contributed by atoms with Crippen molar-refractivity contribution in [3.8, 4) is 5.88 Å². The molecule has 0 radical (unpaired) electrons. The predicted octanol–water partition coefficient (Wildman–Crippen LogP) is 1.49. The molecule has 2 bridgehead atoms. The number of fused-ring (bicyclic) bond motifs is 3. The van der Waals surface area contributed by atoms with E-state index >= 15 is 0 Å². The summed E-state index contributed by atoms with van der Waals surface area (Å²) in [5.74, 6) is 1.08. The molecule has 126 valence electrons. The highest BCUT2D eigenvalue weighted by Crippen LogP contribution is 2.40. The zero-order chi connectivity index (χ0) is 16.1. The van der Waals surface area contributed by atoms with Crippen LogP contribution in [0.5, 0.6) is 5.88 Å². The molecule has 1 atom stereocenters. The first-order valence-corrected chi connectivity index (χ1v) is 8.28. The predicted molar refractivity (Wildman–Crippen MR) is 87.3 cm³/mol. The molecule has 1 spiro atoms. The number of hydrogen-bond acceptors (Lipinski definition) is 8. The van der Waals surface area contributed by atoms with Crippen molar-refractivity contribution in [3.05, 3.63) is 12.1 Å². The van der Waals surface area contributed by atoms with Crippen molar-refractivity contribution in [2.75, 3.05) is 38.6 Å². The molecule has 8 nitrogen and oxygen atoms in total. The van der Waals surface area contributed by atoms with E-state index in [9.17, 15) is 0 Å². The normalized spacial score (nSPS) is 31.3. The number of ether oxygens (including phenoxy) is 2. The Morgan fingerprint density at radius 2 is 2.17 bits per heavy atom. The number of nitrogens with zero attached hydrogens (tertiary/aromatic N) is 4. The zero-order valence-corrected chi connectivity index (χ0v) is 13.5. The number of nitrogens with one attached hydrogen (secondary N) is 1. The fourth-order valence-corrected chi connectivity index (χ4v) is 4.01. The second-order valence-electron chi connectivity index (χ2n) is 6.66. The average molecular weight is 329 g/mol. The molecule has 4 aliphatic rings. The molecule has 3 saturated heterocycles. The van der Waals surface area contributed by atoms with Gasteiger partial charge in [0.1, 0.15) is 11.1 Å². The molecule has 1 N–H and O–H groups in total. The minimum absolute atomic E-state index is 0.174. The van der Waals surface area contributed by atoms with Crippen LogP contribution in [0.2, 0.25) is 0 Å². The third kappa shape index (κ3) is 2.13. The molecular formula is C16H19N5O3. The molecule has 0 unspecified atom stereocenters. The summed E-state index contributed by atoms with van der Waals surface area (Å²) in [6.45, 7) is 4.01. The highest BCUT2D eigenvalue weighted by molar-refractivity contribution is 5.89. The van der Waals surface area contributed by atoms with Gasteiger partial charge in [0.15, 0.2) is 0 Å². The van der Waals surface area contributed by atoms with Gasteiger partial charge in [-0.05, 0) is 32.0 Å². The van der Waals surface area contributed by atoms with Crippen molar-refractivity contribution in [1.29, 1.82) is 0 Å². The summed E-state index contributed by atoms with van der Waals surface area (Å²) in [6, 6.07) is 4.38. The van der Waals surface area contributed by atoms with Gasteiger partial charge in [-0.2, -0.15) is 9.97 Å². The first kappa shape index (κ1) is 14.0. The average Bonchev–Trinajstić information content (AvgIpc) is 3.19. The monoisotopic (exact) mass is 329 g/mol. The molecule has 0 saturated carbocycles. The van der Waals surface area contributed by atoms with Gasteiger partial charge in [0.25, 0.3) is 11.7 Å². The van der Waals surface area contributed by atoms with Crippen LogP contribution in [0.1, 0.15) is 12.8 Å². The maximum absolute atomic E-state index is 6.22. The number of rotatable bonds is 2. The Balaban J connectivity index is 1.34. The van der Waals surface area contributed by atoms with Crippen LogP contribution in [-0.2, 0) is 4.74 Å². The summed E-state index contributed by atoms with van der Waals surface area (Å²) in [5.41, 5.74) is 0.911. The lowest BCUT2D eigenvalue weighted by atomic mass is 9.75. The van der Waals surface area contributed by atoms with Crippen LogP contribution in [0.15, 0.2) is 21.5 Å². The Morgan fingerprint density at radius 3 is 2.92 bits per heavy atom. The number of oxazole rings is 1. The largest absolute Gasteiger partial charge is 0.481 e. The Bertz CT molecular complexity index is 811. The Hall–Kier alpha value is -2.35. The van der Waals surface area contributed by atoms with E-state index in [2.05, 4.69) is 25.2 Å². The van der Waals surface area contributed by atoms with Crippen molar-refractivity contribution in [2.45, 2.75) is 18.4 Å². The van der Waals surface area contributed by atoms with Gasteiger partial charge in [-0.3, -0.25) is 10.2 Å². The highest BCUT2D eigenvalue weighted by atomic mass is 16.5. The van der Waals surface area contributed by atoms with Crippen molar-refractivity contribution in [3.63, 3.8) is 0 Å². The van der Waals surface area contributed by atoms with Crippen molar-refractivity contribution in [2.24, 2.45) is 10.9 Å². The van der Waals surface area contributed by atoms with E-state index in [-0.39, 0.29) is 5.60 Å². The van der Waals surface area contributed by atoms with Gasteiger partial charge >= 0.3 is 6.01 Å². The van der Waals surface area contributed by atoms with Crippen LogP contribution in [0, 0.1) is 5.92 Å². The van der Waals surface area contributed by atoms with Crippen molar-refractivity contribution < 1.29 is 13.9 Å². The number of hydrogen-bond donors (Lipinski definition) is 1. The van der Waals surface area contributed by atoms with Crippen LogP contribution in [0.4, 0.5) is 6.01 Å². The standard InChI is InChI=1S/C16H19N5O3/c1-22-12-3-2-11-13(19-12)23-15(18-11)20-14-17-8-16(24-14)9-21-6-4-10(16)5-7-21/h2-3,10H,4-9H2,1H3,(H,17,18,20)/t16-/m0/s1. The van der Waals surface area contributed by atoms with Crippen LogP contribution < -0.4 is 10.1 Å². The first-order valence-electron chi connectivity index (χ1n) is 8.28. The molecule has 2 aromatic heterocycles. The number of pyridine rings is 1. The smallest absolute Gasteiger partial charge is 0.305 e. The number of anilines is 1. The topological polar surface area (TPSA) is 85.0 Å². The van der Waals surface area contributed by atoms with Crippen molar-refractivity contribution in [1.82, 2.24) is 14.9 Å². The van der Waals surface area contributed by atoms with E-state index in [1.807, 2.05) is 6.07 Å². The first-order chi connectivity index (χ1) is 11.7. The van der Waals surface area contributed by atoms with Gasteiger partial charge in [-0.25, -0.2) is 4.99 Å². The Morgan fingerprint density at radius 1 is 1.29 bits per heavy atom. The number of aliphatic imine (C=N–C) groups is 1. The lowest BCUT2D eigenvalue weighted by Crippen LogP contribution is -2.61. The molecular weight excluding hydrogens is 310 g/mol. The van der Waals surface area contributed by atoms with Gasteiger partial charge in [0.05, 0.1) is 13.7 Å². The van der Waals surface area contributed by atoms with E-state index in [0.29, 0.717) is 41.6 Å². The van der Waals surface area contributed by atoms with E-state index in [1.54, 1.807) is 13.2 Å². The second kappa shape index (κ2) is 5.07. The lowest BCUT2D eigenvalue weighted by Gasteiger charge is -2.50. The maximum Gasteiger partial charge on any atom is 0.305 e. The molecule has 6 heterocycles. The zero-order valence-electron chi connectivity index (χ0n) is 13.5. The molecule has 8 heteroatoms. The van der Waals surface area contributed by atoms with Crippen LogP contribution in [-0.4, -0.2) is 59.8 Å². The van der Waals surface area contributed by atoms with Gasteiger partial charge in [-0.15, -0.1) is 0 Å². The van der Waals surface area contributed by atoms with Gasteiger partial charge in [0.2, 0.25) is 5.88 Å². The summed E-state index contributed by atoms with van der Waals surface area (Å²) in [5, 5.41) is 3.05. The Kier molecular flexibility index (Phi) is 2.97. The highest BCUT2D eigenvalue weighted by Gasteiger charge is 2.51. The van der Waals surface area contributed by atoms with E-state index in [4.69, 9.17) is 13.9 Å².